The number of amides is 2. The zero-order valence-corrected chi connectivity index (χ0v) is 14.5. The Balaban J connectivity index is 1.90. The van der Waals surface area contributed by atoms with Gasteiger partial charge < -0.3 is 15.4 Å². The van der Waals surface area contributed by atoms with Gasteiger partial charge in [-0.2, -0.15) is 8.78 Å². The molecule has 2 rings (SSSR count). The number of ether oxygens (including phenoxy) is 1. The van der Waals surface area contributed by atoms with Crippen molar-refractivity contribution in [3.05, 3.63) is 60.4 Å². The van der Waals surface area contributed by atoms with Gasteiger partial charge in [0.05, 0.1) is 0 Å². The molecule has 27 heavy (non-hydrogen) atoms. The van der Waals surface area contributed by atoms with Crippen molar-refractivity contribution in [2.24, 2.45) is 0 Å². The molecule has 0 unspecified atom stereocenters. The third kappa shape index (κ3) is 6.46. The van der Waals surface area contributed by atoms with Crippen LogP contribution in [-0.4, -0.2) is 34.3 Å². The zero-order chi connectivity index (χ0) is 19.9. The summed E-state index contributed by atoms with van der Waals surface area (Å²) in [5.74, 6) is -3.47. The Kier molecular flexibility index (Phi) is 6.53. The van der Waals surface area contributed by atoms with Gasteiger partial charge in [0, 0.05) is 37.5 Å². The summed E-state index contributed by atoms with van der Waals surface area (Å²) in [5.41, 5.74) is 0.982. The van der Waals surface area contributed by atoms with Gasteiger partial charge in [-0.3, -0.25) is 9.59 Å². The van der Waals surface area contributed by atoms with Crippen LogP contribution in [-0.2, 0) is 11.3 Å². The monoisotopic (exact) mass is 376 g/mol. The maximum Gasteiger partial charge on any atom is 0.299 e. The molecule has 0 aromatic carbocycles. The lowest BCUT2D eigenvalue weighted by Crippen LogP contribution is -2.23. The number of rotatable bonds is 8. The summed E-state index contributed by atoms with van der Waals surface area (Å²) in [6.07, 6.45) is 3.33. The Morgan fingerprint density at radius 3 is 2.70 bits per heavy atom. The Labute approximate surface area is 154 Å². The minimum atomic E-state index is -3.13. The van der Waals surface area contributed by atoms with Crippen LogP contribution < -0.4 is 15.4 Å². The van der Waals surface area contributed by atoms with Crippen LogP contribution >= 0.6 is 0 Å². The fourth-order valence-corrected chi connectivity index (χ4v) is 1.93. The van der Waals surface area contributed by atoms with Crippen LogP contribution in [0.2, 0.25) is 0 Å². The third-order valence-electron chi connectivity index (χ3n) is 3.29. The zero-order valence-electron chi connectivity index (χ0n) is 14.5. The molecule has 0 aliphatic carbocycles. The molecule has 2 heterocycles. The van der Waals surface area contributed by atoms with Gasteiger partial charge in [-0.15, -0.1) is 0 Å². The molecule has 0 aliphatic rings. The molecule has 0 saturated carbocycles. The van der Waals surface area contributed by atoms with Gasteiger partial charge >= 0.3 is 0 Å². The number of carbonyl (C=O) groups excluding carboxylic acids is 2. The first-order valence-corrected chi connectivity index (χ1v) is 7.90. The van der Waals surface area contributed by atoms with Crippen molar-refractivity contribution in [3.8, 4) is 5.88 Å². The second-order valence-electron chi connectivity index (χ2n) is 5.55. The van der Waals surface area contributed by atoms with Crippen LogP contribution in [0.25, 0.3) is 0 Å². The van der Waals surface area contributed by atoms with Crippen LogP contribution in [0.3, 0.4) is 0 Å². The largest absolute Gasteiger partial charge is 0.471 e. The van der Waals surface area contributed by atoms with Gasteiger partial charge in [-0.05, 0) is 23.8 Å². The Hall–Kier alpha value is -3.36. The summed E-state index contributed by atoms with van der Waals surface area (Å²) in [5, 5.41) is 5.18. The summed E-state index contributed by atoms with van der Waals surface area (Å²) in [6, 6.07) is 5.99. The molecule has 142 valence electrons. The van der Waals surface area contributed by atoms with Gasteiger partial charge in [0.1, 0.15) is 5.82 Å². The van der Waals surface area contributed by atoms with Crippen molar-refractivity contribution in [2.75, 3.05) is 11.9 Å². The molecule has 0 aliphatic heterocycles. The number of anilines is 1. The standard InChI is InChI=1S/C18H18F2N4O3/c1-3-18(19,20)11-27-16-5-4-13(9-22-16)10-23-17(26)14-6-7-21-15(8-14)24-12(2)25/h3-9H,1,10-11H2,2H3,(H,23,26)(H,21,24,25). The molecule has 2 aromatic rings. The first kappa shape index (κ1) is 20.0. The van der Waals surface area contributed by atoms with Crippen molar-refractivity contribution in [2.45, 2.75) is 19.4 Å². The minimum Gasteiger partial charge on any atom is -0.471 e. The van der Waals surface area contributed by atoms with E-state index in [1.165, 1.54) is 37.5 Å². The van der Waals surface area contributed by atoms with Crippen LogP contribution in [0.1, 0.15) is 22.8 Å². The Morgan fingerprint density at radius 1 is 1.30 bits per heavy atom. The molecule has 0 radical (unpaired) electrons. The second-order valence-corrected chi connectivity index (χ2v) is 5.55. The fraction of sp³-hybridized carbons (Fsp3) is 0.222. The van der Waals surface area contributed by atoms with Crippen molar-refractivity contribution in [3.63, 3.8) is 0 Å². The Morgan fingerprint density at radius 2 is 2.07 bits per heavy atom. The summed E-state index contributed by atoms with van der Waals surface area (Å²) in [6.45, 7) is 3.69. The molecule has 9 heteroatoms. The predicted octanol–water partition coefficient (Wildman–Crippen LogP) is 2.57. The molecular formula is C18H18F2N4O3. The number of aromatic nitrogens is 2. The van der Waals surface area contributed by atoms with Crippen LogP contribution in [0.4, 0.5) is 14.6 Å². The number of hydrogen-bond donors (Lipinski definition) is 2. The van der Waals surface area contributed by atoms with E-state index in [0.717, 1.165) is 0 Å². The van der Waals surface area contributed by atoms with Crippen LogP contribution in [0.15, 0.2) is 49.3 Å². The molecule has 7 nitrogen and oxygen atoms in total. The van der Waals surface area contributed by atoms with E-state index in [-0.39, 0.29) is 30.1 Å². The number of pyridine rings is 2. The first-order valence-electron chi connectivity index (χ1n) is 7.90. The highest BCUT2D eigenvalue weighted by atomic mass is 19.3. The average Bonchev–Trinajstić information content (AvgIpc) is 2.65. The molecule has 0 spiro atoms. The third-order valence-corrected chi connectivity index (χ3v) is 3.29. The van der Waals surface area contributed by atoms with Crippen molar-refractivity contribution in [1.82, 2.24) is 15.3 Å². The number of halogens is 2. The molecule has 2 amide bonds. The van der Waals surface area contributed by atoms with Gasteiger partial charge in [-0.25, -0.2) is 9.97 Å². The van der Waals surface area contributed by atoms with Crippen LogP contribution in [0.5, 0.6) is 5.88 Å². The lowest BCUT2D eigenvalue weighted by molar-refractivity contribution is -0.114. The van der Waals surface area contributed by atoms with Gasteiger partial charge in [0.2, 0.25) is 11.8 Å². The lowest BCUT2D eigenvalue weighted by atomic mass is 10.2. The van der Waals surface area contributed by atoms with Crippen molar-refractivity contribution >= 4 is 17.6 Å². The molecule has 2 N–H and O–H groups in total. The highest BCUT2D eigenvalue weighted by Crippen LogP contribution is 2.17. The normalized spacial score (nSPS) is 10.8. The first-order chi connectivity index (χ1) is 12.8. The van der Waals surface area contributed by atoms with Gasteiger partial charge in [0.25, 0.3) is 11.8 Å². The van der Waals surface area contributed by atoms with Gasteiger partial charge in [-0.1, -0.05) is 12.6 Å². The van der Waals surface area contributed by atoms with E-state index in [4.69, 9.17) is 4.74 Å². The van der Waals surface area contributed by atoms with E-state index in [9.17, 15) is 18.4 Å². The number of hydrogen-bond acceptors (Lipinski definition) is 5. The van der Waals surface area contributed by atoms with Crippen molar-refractivity contribution in [1.29, 1.82) is 0 Å². The number of alkyl halides is 2. The summed E-state index contributed by atoms with van der Waals surface area (Å²) in [4.78, 5) is 31.1. The van der Waals surface area contributed by atoms with Crippen LogP contribution in [0, 0.1) is 0 Å². The lowest BCUT2D eigenvalue weighted by Gasteiger charge is -2.12. The summed E-state index contributed by atoms with van der Waals surface area (Å²) in [7, 11) is 0. The smallest absolute Gasteiger partial charge is 0.299 e. The number of nitrogens with one attached hydrogen (secondary N) is 2. The van der Waals surface area contributed by atoms with E-state index in [1.54, 1.807) is 6.07 Å². The molecule has 0 bridgehead atoms. The maximum absolute atomic E-state index is 13.0. The second kappa shape index (κ2) is 8.84. The predicted molar refractivity (Wildman–Crippen MR) is 94.6 cm³/mol. The average molecular weight is 376 g/mol. The quantitative estimate of drug-likeness (QED) is 0.691. The molecule has 0 atom stereocenters. The maximum atomic E-state index is 13.0. The van der Waals surface area contributed by atoms with Gasteiger partial charge in [0.15, 0.2) is 6.61 Å². The van der Waals surface area contributed by atoms with E-state index < -0.39 is 12.5 Å². The SMILES string of the molecule is C=CC(F)(F)COc1ccc(CNC(=O)c2ccnc(NC(C)=O)c2)cn1. The van der Waals surface area contributed by atoms with E-state index in [1.807, 2.05) is 0 Å². The summed E-state index contributed by atoms with van der Waals surface area (Å²) < 4.78 is 31.0. The Bertz CT molecular complexity index is 826. The van der Waals surface area contributed by atoms with E-state index >= 15 is 0 Å². The van der Waals surface area contributed by atoms with Crippen molar-refractivity contribution < 1.29 is 23.1 Å². The molecule has 2 aromatic heterocycles. The molecule has 0 fully saturated rings. The van der Waals surface area contributed by atoms with E-state index in [2.05, 4.69) is 27.2 Å². The molecular weight excluding hydrogens is 358 g/mol. The number of carbonyl (C=O) groups is 2. The summed E-state index contributed by atoms with van der Waals surface area (Å²) >= 11 is 0. The highest BCUT2D eigenvalue weighted by Gasteiger charge is 2.25. The molecule has 0 saturated heterocycles. The van der Waals surface area contributed by atoms with E-state index in [0.29, 0.717) is 17.2 Å². The fourth-order valence-electron chi connectivity index (χ4n) is 1.93. The minimum absolute atomic E-state index is 0.0423. The number of nitrogens with zero attached hydrogens (tertiary/aromatic N) is 2. The highest BCUT2D eigenvalue weighted by molar-refractivity contribution is 5.96. The topological polar surface area (TPSA) is 93.2 Å².